The molecule has 1 aromatic rings. The highest BCUT2D eigenvalue weighted by Crippen LogP contribution is 2.52. The first-order chi connectivity index (χ1) is 8.45. The average molecular weight is 240 g/mol. The molecule has 2 aliphatic rings. The van der Waals surface area contributed by atoms with E-state index >= 15 is 0 Å². The zero-order valence-electron chi connectivity index (χ0n) is 10.5. The van der Waals surface area contributed by atoms with E-state index in [-0.39, 0.29) is 5.41 Å². The summed E-state index contributed by atoms with van der Waals surface area (Å²) in [6.07, 6.45) is 2.58. The molecule has 1 atom stereocenters. The molecule has 0 amide bonds. The predicted molar refractivity (Wildman–Crippen MR) is 72.0 cm³/mol. The van der Waals surface area contributed by atoms with Crippen LogP contribution >= 0.6 is 0 Å². The molecule has 1 aromatic heterocycles. The molecule has 1 spiro atoms. The highest BCUT2D eigenvalue weighted by Gasteiger charge is 2.47. The Bertz CT molecular complexity index is 689. The molecule has 0 aromatic carbocycles. The summed E-state index contributed by atoms with van der Waals surface area (Å²) < 4.78 is 11.1. The fourth-order valence-electron chi connectivity index (χ4n) is 3.07. The Hall–Kier alpha value is -1.96. The maximum absolute atomic E-state index is 5.57. The van der Waals surface area contributed by atoms with Crippen LogP contribution in [0.3, 0.4) is 0 Å². The minimum atomic E-state index is -0.229. The van der Waals surface area contributed by atoms with Crippen LogP contribution in [0.2, 0.25) is 0 Å². The molecular formula is C16H16O2. The van der Waals surface area contributed by atoms with Crippen molar-refractivity contribution in [3.63, 3.8) is 0 Å². The third-order valence-electron chi connectivity index (χ3n) is 4.26. The number of hydrogen-bond donors (Lipinski definition) is 0. The normalized spacial score (nSPS) is 26.6. The topological polar surface area (TPSA) is 22.4 Å². The summed E-state index contributed by atoms with van der Waals surface area (Å²) in [5.74, 6) is 1.38. The Morgan fingerprint density at radius 3 is 2.22 bits per heavy atom. The summed E-state index contributed by atoms with van der Waals surface area (Å²) in [5, 5.41) is 0. The maximum Gasteiger partial charge on any atom is 0.123 e. The van der Waals surface area contributed by atoms with Gasteiger partial charge in [0.05, 0.1) is 5.41 Å². The van der Waals surface area contributed by atoms with Crippen molar-refractivity contribution >= 4 is 13.2 Å². The van der Waals surface area contributed by atoms with Crippen LogP contribution in [0.1, 0.15) is 17.5 Å². The lowest BCUT2D eigenvalue weighted by atomic mass is 9.68. The molecule has 0 N–H and O–H groups in total. The molecule has 1 aliphatic heterocycles. The smallest absolute Gasteiger partial charge is 0.123 e. The van der Waals surface area contributed by atoms with Crippen LogP contribution in [0.5, 0.6) is 0 Å². The lowest BCUT2D eigenvalue weighted by Crippen LogP contribution is -2.31. The molecule has 2 heteroatoms. The van der Waals surface area contributed by atoms with E-state index in [0.29, 0.717) is 11.2 Å². The van der Waals surface area contributed by atoms with Gasteiger partial charge in [0.25, 0.3) is 0 Å². The molecular weight excluding hydrogens is 224 g/mol. The van der Waals surface area contributed by atoms with Gasteiger partial charge in [0.1, 0.15) is 22.3 Å². The molecule has 1 unspecified atom stereocenters. The van der Waals surface area contributed by atoms with Crippen LogP contribution in [0.15, 0.2) is 41.2 Å². The molecule has 18 heavy (non-hydrogen) atoms. The maximum atomic E-state index is 5.57. The minimum absolute atomic E-state index is 0.229. The zero-order valence-corrected chi connectivity index (χ0v) is 10.5. The molecule has 92 valence electrons. The highest BCUT2D eigenvalue weighted by molar-refractivity contribution is 5.46. The molecule has 1 fully saturated rings. The summed E-state index contributed by atoms with van der Waals surface area (Å²) >= 11 is 0. The minimum Gasteiger partial charge on any atom is -0.462 e. The molecule has 1 aliphatic carbocycles. The fourth-order valence-corrected chi connectivity index (χ4v) is 3.07. The van der Waals surface area contributed by atoms with Crippen molar-refractivity contribution in [3.8, 4) is 0 Å². The summed E-state index contributed by atoms with van der Waals surface area (Å²) in [4.78, 5) is 0. The Morgan fingerprint density at radius 1 is 0.944 bits per heavy atom. The second-order valence-corrected chi connectivity index (χ2v) is 5.09. The first-order valence-corrected chi connectivity index (χ1v) is 6.00. The van der Waals surface area contributed by atoms with Crippen LogP contribution in [-0.4, -0.2) is 0 Å². The number of fused-ring (bicyclic) bond motifs is 1. The van der Waals surface area contributed by atoms with Crippen LogP contribution in [0.25, 0.3) is 13.2 Å². The SMILES string of the molecule is C=C1OC(=C)C2(CCc3c(c(=C)oc3=C)C2)C1=C. The summed E-state index contributed by atoms with van der Waals surface area (Å²) in [6.45, 7) is 19.9. The van der Waals surface area contributed by atoms with Crippen LogP contribution < -0.4 is 10.8 Å². The second kappa shape index (κ2) is 3.29. The van der Waals surface area contributed by atoms with Gasteiger partial charge in [-0.2, -0.15) is 0 Å². The van der Waals surface area contributed by atoms with Gasteiger partial charge in [-0.05, 0) is 19.3 Å². The summed E-state index contributed by atoms with van der Waals surface area (Å²) in [6, 6.07) is 0. The van der Waals surface area contributed by atoms with Crippen molar-refractivity contribution in [2.24, 2.45) is 5.41 Å². The van der Waals surface area contributed by atoms with E-state index in [1.165, 1.54) is 5.56 Å². The van der Waals surface area contributed by atoms with E-state index in [2.05, 4.69) is 32.9 Å². The van der Waals surface area contributed by atoms with Gasteiger partial charge >= 0.3 is 0 Å². The first kappa shape index (κ1) is 11.1. The van der Waals surface area contributed by atoms with E-state index in [1.54, 1.807) is 0 Å². The first-order valence-electron chi connectivity index (χ1n) is 6.00. The monoisotopic (exact) mass is 240 g/mol. The highest BCUT2D eigenvalue weighted by atomic mass is 16.5. The number of allylic oxidation sites excluding steroid dienone is 2. The van der Waals surface area contributed by atoms with Crippen molar-refractivity contribution in [2.75, 3.05) is 0 Å². The van der Waals surface area contributed by atoms with Crippen LogP contribution in [-0.2, 0) is 17.6 Å². The molecule has 0 bridgehead atoms. The second-order valence-electron chi connectivity index (χ2n) is 5.09. The number of ether oxygens (including phenoxy) is 1. The van der Waals surface area contributed by atoms with Gasteiger partial charge in [-0.3, -0.25) is 0 Å². The number of furan rings is 1. The van der Waals surface area contributed by atoms with Crippen molar-refractivity contribution < 1.29 is 9.15 Å². The van der Waals surface area contributed by atoms with Crippen molar-refractivity contribution in [2.45, 2.75) is 19.3 Å². The third kappa shape index (κ3) is 1.18. The Morgan fingerprint density at radius 2 is 1.61 bits per heavy atom. The van der Waals surface area contributed by atoms with Crippen molar-refractivity contribution in [1.82, 2.24) is 0 Å². The van der Waals surface area contributed by atoms with Gasteiger partial charge in [0, 0.05) is 16.7 Å². The molecule has 3 rings (SSSR count). The zero-order chi connectivity index (χ0) is 13.1. The van der Waals surface area contributed by atoms with Gasteiger partial charge in [0.15, 0.2) is 0 Å². The molecule has 2 heterocycles. The lowest BCUT2D eigenvalue weighted by Gasteiger charge is -2.32. The van der Waals surface area contributed by atoms with Gasteiger partial charge in [-0.15, -0.1) is 0 Å². The van der Waals surface area contributed by atoms with Gasteiger partial charge in [0.2, 0.25) is 0 Å². The van der Waals surface area contributed by atoms with Crippen LogP contribution in [0.4, 0.5) is 0 Å². The predicted octanol–water partition coefficient (Wildman–Crippen LogP) is 2.19. The number of rotatable bonds is 0. The largest absolute Gasteiger partial charge is 0.462 e. The van der Waals surface area contributed by atoms with Crippen molar-refractivity contribution in [3.05, 3.63) is 58.8 Å². The Labute approximate surface area is 106 Å². The Kier molecular flexibility index (Phi) is 2.03. The van der Waals surface area contributed by atoms with E-state index in [1.807, 2.05) is 0 Å². The molecule has 0 radical (unpaired) electrons. The quantitative estimate of drug-likeness (QED) is 0.693. The lowest BCUT2D eigenvalue weighted by molar-refractivity contribution is 0.268. The third-order valence-corrected chi connectivity index (χ3v) is 4.26. The van der Waals surface area contributed by atoms with Crippen molar-refractivity contribution in [1.29, 1.82) is 0 Å². The standard InChI is InChI=1S/C16H16O2/c1-9-10(2)18-13(5)16(9)7-6-14-11(3)17-12(4)15(14)8-16/h1-8H2. The fraction of sp³-hybridized carbons (Fsp3) is 0.250. The molecule has 0 saturated carbocycles. The van der Waals surface area contributed by atoms with E-state index < -0.39 is 0 Å². The van der Waals surface area contributed by atoms with E-state index in [4.69, 9.17) is 9.15 Å². The molecule has 2 nitrogen and oxygen atoms in total. The average Bonchev–Trinajstić information content (AvgIpc) is 2.72. The van der Waals surface area contributed by atoms with Crippen LogP contribution in [0, 0.1) is 5.41 Å². The van der Waals surface area contributed by atoms with E-state index in [9.17, 15) is 0 Å². The van der Waals surface area contributed by atoms with Gasteiger partial charge < -0.3 is 9.15 Å². The van der Waals surface area contributed by atoms with E-state index in [0.717, 1.165) is 41.6 Å². The summed E-state index contributed by atoms with van der Waals surface area (Å²) in [7, 11) is 0. The summed E-state index contributed by atoms with van der Waals surface area (Å²) in [5.41, 5.74) is 4.46. The van der Waals surface area contributed by atoms with Gasteiger partial charge in [-0.25, -0.2) is 0 Å². The molecule has 1 saturated heterocycles. The van der Waals surface area contributed by atoms with Gasteiger partial charge in [-0.1, -0.05) is 32.9 Å². The number of hydrogen-bond acceptors (Lipinski definition) is 2. The Balaban J connectivity index is 2.15.